The van der Waals surface area contributed by atoms with Crippen LogP contribution >= 0.6 is 0 Å². The average molecular weight is 298 g/mol. The molecule has 1 aliphatic rings. The third-order valence-corrected chi connectivity index (χ3v) is 3.64. The first-order valence-electron chi connectivity index (χ1n) is 7.26. The van der Waals surface area contributed by atoms with Crippen molar-refractivity contribution < 1.29 is 4.79 Å². The molecule has 3 rings (SSSR count). The zero-order valence-electron chi connectivity index (χ0n) is 12.1. The van der Waals surface area contributed by atoms with Crippen LogP contribution in [0.25, 0.3) is 0 Å². The van der Waals surface area contributed by atoms with E-state index in [4.69, 9.17) is 5.73 Å². The number of piperidine rings is 1. The van der Waals surface area contributed by atoms with E-state index < -0.39 is 0 Å². The van der Waals surface area contributed by atoms with Gasteiger partial charge in [-0.05, 0) is 18.9 Å². The second-order valence-electron chi connectivity index (χ2n) is 5.29. The molecule has 0 bridgehead atoms. The summed E-state index contributed by atoms with van der Waals surface area (Å²) in [5.41, 5.74) is 7.91. The molecule has 3 heterocycles. The topological polar surface area (TPSA) is 97.0 Å². The van der Waals surface area contributed by atoms with Gasteiger partial charge in [-0.15, -0.1) is 0 Å². The summed E-state index contributed by atoms with van der Waals surface area (Å²) in [6.07, 6.45) is 9.88. The van der Waals surface area contributed by atoms with Gasteiger partial charge in [-0.1, -0.05) is 0 Å². The number of pyridine rings is 1. The Hall–Kier alpha value is -2.54. The van der Waals surface area contributed by atoms with Gasteiger partial charge in [-0.25, -0.2) is 4.98 Å². The molecule has 7 nitrogen and oxygen atoms in total. The summed E-state index contributed by atoms with van der Waals surface area (Å²) in [5, 5.41) is 2.85. The molecule has 114 valence electrons. The number of nitrogens with one attached hydrogen (secondary N) is 1. The summed E-state index contributed by atoms with van der Waals surface area (Å²) in [4.78, 5) is 26.4. The first-order valence-corrected chi connectivity index (χ1v) is 7.26. The number of carbonyl (C=O) groups is 1. The number of anilines is 2. The molecule has 0 spiro atoms. The first kappa shape index (κ1) is 14.4. The molecule has 2 aromatic heterocycles. The minimum Gasteiger partial charge on any atom is -0.368 e. The number of carbonyl (C=O) groups excluding carboxylic acids is 1. The van der Waals surface area contributed by atoms with Crippen molar-refractivity contribution in [3.8, 4) is 0 Å². The molecule has 3 N–H and O–H groups in total. The summed E-state index contributed by atoms with van der Waals surface area (Å²) in [7, 11) is 0. The maximum atomic E-state index is 12.2. The zero-order valence-corrected chi connectivity index (χ0v) is 12.1. The fraction of sp³-hybridized carbons (Fsp3) is 0.333. The summed E-state index contributed by atoms with van der Waals surface area (Å²) >= 11 is 0. The van der Waals surface area contributed by atoms with Crippen molar-refractivity contribution in [3.05, 3.63) is 42.7 Å². The van der Waals surface area contributed by atoms with E-state index in [-0.39, 0.29) is 17.6 Å². The van der Waals surface area contributed by atoms with Crippen LogP contribution in [0.4, 0.5) is 11.4 Å². The van der Waals surface area contributed by atoms with Crippen molar-refractivity contribution in [2.75, 3.05) is 23.3 Å². The Morgan fingerprint density at radius 2 is 2.14 bits per heavy atom. The maximum absolute atomic E-state index is 12.2. The van der Waals surface area contributed by atoms with E-state index in [1.807, 2.05) is 6.07 Å². The normalized spacial score (nSPS) is 18.0. The summed E-state index contributed by atoms with van der Waals surface area (Å²) in [5.74, 6) is -0.302. The lowest BCUT2D eigenvalue weighted by Gasteiger charge is -2.33. The van der Waals surface area contributed by atoms with Crippen LogP contribution in [0.15, 0.2) is 37.1 Å². The number of amides is 1. The molecule has 0 aliphatic carbocycles. The highest BCUT2D eigenvalue weighted by Crippen LogP contribution is 2.27. The van der Waals surface area contributed by atoms with Gasteiger partial charge in [-0.3, -0.25) is 14.8 Å². The second kappa shape index (κ2) is 6.48. The minimum absolute atomic E-state index is 0.158. The van der Waals surface area contributed by atoms with Gasteiger partial charge < -0.3 is 16.0 Å². The Morgan fingerprint density at radius 3 is 2.91 bits per heavy atom. The Labute approximate surface area is 128 Å². The number of nitrogens with zero attached hydrogens (tertiary/aromatic N) is 4. The molecule has 0 saturated carbocycles. The largest absolute Gasteiger partial charge is 0.368 e. The van der Waals surface area contributed by atoms with Gasteiger partial charge in [0.15, 0.2) is 0 Å². The van der Waals surface area contributed by atoms with E-state index in [9.17, 15) is 4.79 Å². The van der Waals surface area contributed by atoms with Crippen LogP contribution in [0.5, 0.6) is 0 Å². The van der Waals surface area contributed by atoms with Crippen molar-refractivity contribution >= 4 is 17.3 Å². The molecular weight excluding hydrogens is 280 g/mol. The monoisotopic (exact) mass is 298 g/mol. The van der Waals surface area contributed by atoms with Crippen molar-refractivity contribution in [2.24, 2.45) is 5.73 Å². The molecule has 2 aromatic rings. The molecule has 0 radical (unpaired) electrons. The van der Waals surface area contributed by atoms with E-state index in [0.717, 1.165) is 31.6 Å². The molecule has 22 heavy (non-hydrogen) atoms. The van der Waals surface area contributed by atoms with Gasteiger partial charge >= 0.3 is 0 Å². The van der Waals surface area contributed by atoms with Crippen LogP contribution in [0.1, 0.15) is 23.3 Å². The fourth-order valence-electron chi connectivity index (χ4n) is 2.59. The van der Waals surface area contributed by atoms with E-state index in [0.29, 0.717) is 5.69 Å². The van der Waals surface area contributed by atoms with Crippen molar-refractivity contribution in [3.63, 3.8) is 0 Å². The smallest absolute Gasteiger partial charge is 0.275 e. The van der Waals surface area contributed by atoms with Gasteiger partial charge in [0, 0.05) is 37.7 Å². The van der Waals surface area contributed by atoms with E-state index in [1.54, 1.807) is 12.4 Å². The highest BCUT2D eigenvalue weighted by Gasteiger charge is 2.20. The Kier molecular flexibility index (Phi) is 4.24. The molecule has 0 aromatic carbocycles. The van der Waals surface area contributed by atoms with Crippen LogP contribution in [0, 0.1) is 0 Å². The van der Waals surface area contributed by atoms with Gasteiger partial charge in [0.2, 0.25) is 0 Å². The highest BCUT2D eigenvalue weighted by atomic mass is 16.1. The Balaban J connectivity index is 1.81. The van der Waals surface area contributed by atoms with Crippen molar-refractivity contribution in [2.45, 2.75) is 18.9 Å². The maximum Gasteiger partial charge on any atom is 0.275 e. The number of rotatable bonds is 3. The molecule has 1 unspecified atom stereocenters. The lowest BCUT2D eigenvalue weighted by molar-refractivity contribution is 0.102. The number of nitrogens with two attached hydrogens (primary N) is 1. The molecule has 1 atom stereocenters. The van der Waals surface area contributed by atoms with Gasteiger partial charge in [0.05, 0.1) is 23.8 Å². The number of hydrogen-bond acceptors (Lipinski definition) is 6. The van der Waals surface area contributed by atoms with E-state index in [2.05, 4.69) is 25.2 Å². The minimum atomic E-state index is -0.302. The summed E-state index contributed by atoms with van der Waals surface area (Å²) < 4.78 is 0. The first-order chi connectivity index (χ1) is 10.7. The average Bonchev–Trinajstić information content (AvgIpc) is 2.56. The standard InChI is InChI=1S/C15H18N6O/c16-11-2-1-7-21(10-11)14-3-4-17-8-12(14)20-15(22)13-9-18-5-6-19-13/h3-6,8-9,11H,1-2,7,10,16H2,(H,20,22). The van der Waals surface area contributed by atoms with Crippen LogP contribution in [0.3, 0.4) is 0 Å². The lowest BCUT2D eigenvalue weighted by atomic mass is 10.1. The predicted molar refractivity (Wildman–Crippen MR) is 83.6 cm³/mol. The third-order valence-electron chi connectivity index (χ3n) is 3.64. The summed E-state index contributed by atoms with van der Waals surface area (Å²) in [6, 6.07) is 2.05. The predicted octanol–water partition coefficient (Wildman–Crippen LogP) is 1.05. The molecule has 1 aliphatic heterocycles. The van der Waals surface area contributed by atoms with Crippen molar-refractivity contribution in [1.82, 2.24) is 15.0 Å². The zero-order chi connectivity index (χ0) is 15.4. The highest BCUT2D eigenvalue weighted by molar-refractivity contribution is 6.04. The number of hydrogen-bond donors (Lipinski definition) is 2. The Bertz CT molecular complexity index is 647. The van der Waals surface area contributed by atoms with Crippen molar-refractivity contribution in [1.29, 1.82) is 0 Å². The van der Waals surface area contributed by atoms with Crippen LogP contribution in [-0.4, -0.2) is 40.0 Å². The molecular formula is C15H18N6O. The molecule has 1 amide bonds. The third kappa shape index (κ3) is 3.20. The van der Waals surface area contributed by atoms with Crippen LogP contribution in [0.2, 0.25) is 0 Å². The van der Waals surface area contributed by atoms with Crippen LogP contribution < -0.4 is 16.0 Å². The molecule has 1 fully saturated rings. The van der Waals surface area contributed by atoms with Gasteiger partial charge in [0.25, 0.3) is 5.91 Å². The summed E-state index contributed by atoms with van der Waals surface area (Å²) in [6.45, 7) is 1.70. The van der Waals surface area contributed by atoms with E-state index in [1.165, 1.54) is 18.6 Å². The fourth-order valence-corrected chi connectivity index (χ4v) is 2.59. The SMILES string of the molecule is NC1CCCN(c2ccncc2NC(=O)c2cnccn2)C1. The van der Waals surface area contributed by atoms with Gasteiger partial charge in [-0.2, -0.15) is 0 Å². The molecule has 1 saturated heterocycles. The van der Waals surface area contributed by atoms with E-state index >= 15 is 0 Å². The van der Waals surface area contributed by atoms with Crippen LogP contribution in [-0.2, 0) is 0 Å². The molecule has 7 heteroatoms. The number of aromatic nitrogens is 3. The lowest BCUT2D eigenvalue weighted by Crippen LogP contribution is -2.43. The second-order valence-corrected chi connectivity index (χ2v) is 5.29. The quantitative estimate of drug-likeness (QED) is 0.879. The Morgan fingerprint density at radius 1 is 1.27 bits per heavy atom. The van der Waals surface area contributed by atoms with Gasteiger partial charge in [0.1, 0.15) is 5.69 Å².